The topological polar surface area (TPSA) is 52.4 Å². The summed E-state index contributed by atoms with van der Waals surface area (Å²) in [5, 5.41) is 10.7. The van der Waals surface area contributed by atoms with Gasteiger partial charge >= 0.3 is 0 Å². The third-order valence-corrected chi connectivity index (χ3v) is 2.31. The van der Waals surface area contributed by atoms with E-state index < -0.39 is 0 Å². The van der Waals surface area contributed by atoms with E-state index in [4.69, 9.17) is 4.74 Å². The van der Waals surface area contributed by atoms with Crippen LogP contribution >= 0.6 is 12.6 Å². The normalized spacial score (nSPS) is 12.4. The van der Waals surface area contributed by atoms with Gasteiger partial charge in [0, 0.05) is 17.5 Å². The zero-order valence-corrected chi connectivity index (χ0v) is 9.31. The van der Waals surface area contributed by atoms with Crippen LogP contribution in [0.3, 0.4) is 0 Å². The van der Waals surface area contributed by atoms with Gasteiger partial charge in [-0.1, -0.05) is 25.1 Å². The van der Waals surface area contributed by atoms with E-state index in [9.17, 15) is 10.1 Å². The Morgan fingerprint density at radius 1 is 1.53 bits per heavy atom. The Balaban J connectivity index is 2.87. The molecule has 0 fully saturated rings. The second-order valence-electron chi connectivity index (χ2n) is 3.22. The fourth-order valence-corrected chi connectivity index (χ4v) is 1.50. The smallest absolute Gasteiger partial charge is 0.272 e. The van der Waals surface area contributed by atoms with Gasteiger partial charge in [-0.05, 0) is 0 Å². The van der Waals surface area contributed by atoms with Crippen LogP contribution in [0.15, 0.2) is 24.3 Å². The highest BCUT2D eigenvalue weighted by atomic mass is 32.1. The fraction of sp³-hybridized carbons (Fsp3) is 0.400. The zero-order valence-electron chi connectivity index (χ0n) is 8.42. The molecule has 15 heavy (non-hydrogen) atoms. The second-order valence-corrected chi connectivity index (χ2v) is 3.48. The monoisotopic (exact) mass is 227 g/mol. The van der Waals surface area contributed by atoms with Crippen molar-refractivity contribution < 1.29 is 9.66 Å². The van der Waals surface area contributed by atoms with Crippen LogP contribution in [0.4, 0.5) is 5.69 Å². The van der Waals surface area contributed by atoms with Crippen molar-refractivity contribution in [2.24, 2.45) is 0 Å². The number of nitrogens with zero attached hydrogens (tertiary/aromatic N) is 1. The number of rotatable bonds is 5. The van der Waals surface area contributed by atoms with Crippen LogP contribution in [0.2, 0.25) is 0 Å². The van der Waals surface area contributed by atoms with Crippen molar-refractivity contribution in [2.45, 2.75) is 12.8 Å². The molecular weight excluding hydrogens is 214 g/mol. The Morgan fingerprint density at radius 3 is 2.80 bits per heavy atom. The summed E-state index contributed by atoms with van der Waals surface area (Å²) in [6.45, 7) is 2.33. The van der Waals surface area contributed by atoms with Gasteiger partial charge in [0.2, 0.25) is 0 Å². The molecule has 0 amide bonds. The predicted molar refractivity (Wildman–Crippen MR) is 61.3 cm³/mol. The molecule has 5 heteroatoms. The van der Waals surface area contributed by atoms with Gasteiger partial charge < -0.3 is 4.74 Å². The molecular formula is C10H13NO3S. The molecule has 1 aromatic rings. The summed E-state index contributed by atoms with van der Waals surface area (Å²) in [5.74, 6) is 0.323. The lowest BCUT2D eigenvalue weighted by Gasteiger charge is -2.11. The van der Waals surface area contributed by atoms with Crippen LogP contribution in [0.25, 0.3) is 0 Å². The summed E-state index contributed by atoms with van der Waals surface area (Å²) in [4.78, 5) is 10.4. The standard InChI is InChI=1S/C10H13NO3S/c1-8(6-14-7-15)9-4-2-3-5-10(9)11(12)13/h2-5,8,15H,6-7H2,1H3. The molecule has 0 spiro atoms. The van der Waals surface area contributed by atoms with Crippen LogP contribution < -0.4 is 0 Å². The summed E-state index contributed by atoms with van der Waals surface area (Å²) in [7, 11) is 0. The van der Waals surface area contributed by atoms with Crippen LogP contribution in [0.5, 0.6) is 0 Å². The number of hydrogen-bond donors (Lipinski definition) is 1. The molecule has 1 aromatic carbocycles. The van der Waals surface area contributed by atoms with E-state index in [0.717, 1.165) is 0 Å². The lowest BCUT2D eigenvalue weighted by Crippen LogP contribution is -2.06. The van der Waals surface area contributed by atoms with Gasteiger partial charge in [0.15, 0.2) is 0 Å². The van der Waals surface area contributed by atoms with Crippen LogP contribution in [0.1, 0.15) is 18.4 Å². The molecule has 1 atom stereocenters. The Morgan fingerprint density at radius 2 is 2.20 bits per heavy atom. The summed E-state index contributed by atoms with van der Waals surface area (Å²) in [6, 6.07) is 6.71. The van der Waals surface area contributed by atoms with Crippen LogP contribution in [-0.2, 0) is 4.74 Å². The average Bonchev–Trinajstić information content (AvgIpc) is 2.25. The Bertz CT molecular complexity index is 343. The van der Waals surface area contributed by atoms with Gasteiger partial charge in [0.1, 0.15) is 0 Å². The molecule has 0 aromatic heterocycles. The molecule has 82 valence electrons. The van der Waals surface area contributed by atoms with Gasteiger partial charge in [-0.3, -0.25) is 10.1 Å². The molecule has 0 N–H and O–H groups in total. The first-order valence-corrected chi connectivity index (χ1v) is 5.22. The maximum Gasteiger partial charge on any atom is 0.272 e. The third kappa shape index (κ3) is 3.21. The van der Waals surface area contributed by atoms with Crippen LogP contribution in [0, 0.1) is 10.1 Å². The summed E-state index contributed by atoms with van der Waals surface area (Å²) in [5.41, 5.74) is 0.844. The quantitative estimate of drug-likeness (QED) is 0.364. The highest BCUT2D eigenvalue weighted by Crippen LogP contribution is 2.26. The van der Waals surface area contributed by atoms with E-state index in [1.807, 2.05) is 6.92 Å². The molecule has 0 saturated carbocycles. The average molecular weight is 227 g/mol. The first kappa shape index (κ1) is 12.0. The molecule has 1 rings (SSSR count). The lowest BCUT2D eigenvalue weighted by molar-refractivity contribution is -0.385. The molecule has 0 bridgehead atoms. The van der Waals surface area contributed by atoms with Crippen molar-refractivity contribution in [3.63, 3.8) is 0 Å². The van der Waals surface area contributed by atoms with E-state index in [1.165, 1.54) is 6.07 Å². The van der Waals surface area contributed by atoms with Crippen LogP contribution in [-0.4, -0.2) is 17.5 Å². The molecule has 1 unspecified atom stereocenters. The van der Waals surface area contributed by atoms with Crippen molar-refractivity contribution in [3.8, 4) is 0 Å². The lowest BCUT2D eigenvalue weighted by atomic mass is 10.0. The van der Waals surface area contributed by atoms with E-state index in [2.05, 4.69) is 12.6 Å². The Labute approximate surface area is 93.8 Å². The molecule has 0 saturated heterocycles. The van der Waals surface area contributed by atoms with Gasteiger partial charge in [-0.25, -0.2) is 0 Å². The van der Waals surface area contributed by atoms with Crippen molar-refractivity contribution >= 4 is 18.3 Å². The van der Waals surface area contributed by atoms with Crippen molar-refractivity contribution in [1.82, 2.24) is 0 Å². The van der Waals surface area contributed by atoms with E-state index >= 15 is 0 Å². The van der Waals surface area contributed by atoms with Crippen molar-refractivity contribution in [2.75, 3.05) is 12.5 Å². The number of para-hydroxylation sites is 1. The third-order valence-electron chi connectivity index (χ3n) is 2.12. The van der Waals surface area contributed by atoms with E-state index in [0.29, 0.717) is 18.1 Å². The minimum atomic E-state index is -0.369. The maximum absolute atomic E-state index is 10.7. The summed E-state index contributed by atoms with van der Waals surface area (Å²) >= 11 is 3.92. The minimum absolute atomic E-state index is 0.00116. The fourth-order valence-electron chi connectivity index (χ4n) is 1.39. The van der Waals surface area contributed by atoms with Crippen molar-refractivity contribution in [1.29, 1.82) is 0 Å². The molecule has 0 aliphatic carbocycles. The Kier molecular flexibility index (Phi) is 4.58. The number of hydrogen-bond acceptors (Lipinski definition) is 4. The number of thiol groups is 1. The second kappa shape index (κ2) is 5.72. The molecule has 0 radical (unpaired) electrons. The maximum atomic E-state index is 10.7. The number of nitro benzene ring substituents is 1. The van der Waals surface area contributed by atoms with Gasteiger partial charge in [0.25, 0.3) is 5.69 Å². The van der Waals surface area contributed by atoms with Crippen molar-refractivity contribution in [3.05, 3.63) is 39.9 Å². The molecule has 0 heterocycles. The first-order valence-electron chi connectivity index (χ1n) is 4.58. The van der Waals surface area contributed by atoms with Gasteiger partial charge in [-0.15, -0.1) is 0 Å². The van der Waals surface area contributed by atoms with E-state index in [-0.39, 0.29) is 16.5 Å². The number of nitro groups is 1. The number of benzene rings is 1. The SMILES string of the molecule is CC(COCS)c1ccccc1[N+](=O)[O-]. The molecule has 4 nitrogen and oxygen atoms in total. The highest BCUT2D eigenvalue weighted by Gasteiger charge is 2.17. The predicted octanol–water partition coefficient (Wildman–Crippen LogP) is 2.60. The highest BCUT2D eigenvalue weighted by molar-refractivity contribution is 7.80. The summed E-state index contributed by atoms with van der Waals surface area (Å²) < 4.78 is 5.13. The molecule has 0 aliphatic rings. The largest absolute Gasteiger partial charge is 0.370 e. The van der Waals surface area contributed by atoms with E-state index in [1.54, 1.807) is 18.2 Å². The van der Waals surface area contributed by atoms with Gasteiger partial charge in [0.05, 0.1) is 17.5 Å². The zero-order chi connectivity index (χ0) is 11.3. The molecule has 0 aliphatic heterocycles. The first-order chi connectivity index (χ1) is 7.16. The summed E-state index contributed by atoms with van der Waals surface area (Å²) in [6.07, 6.45) is 0. The number of ether oxygens (including phenoxy) is 1. The Hall–Kier alpha value is -1.07. The van der Waals surface area contributed by atoms with Gasteiger partial charge in [-0.2, -0.15) is 12.6 Å². The minimum Gasteiger partial charge on any atom is -0.370 e.